The zero-order valence-electron chi connectivity index (χ0n) is 13.1. The van der Waals surface area contributed by atoms with Crippen LogP contribution in [-0.2, 0) is 11.2 Å². The minimum Gasteiger partial charge on any atom is -0.384 e. The number of nitrogen functional groups attached to an aromatic ring is 1. The third kappa shape index (κ3) is 3.23. The van der Waals surface area contributed by atoms with Crippen molar-refractivity contribution in [3.63, 3.8) is 0 Å². The maximum Gasteiger partial charge on any atom is 0.221 e. The number of pyridine rings is 1. The fraction of sp³-hybridized carbons (Fsp3) is 0.375. The molecule has 1 aliphatic heterocycles. The number of hydrogen-bond donors (Lipinski definition) is 2. The van der Waals surface area contributed by atoms with E-state index in [2.05, 4.69) is 32.1 Å². The van der Waals surface area contributed by atoms with Crippen LogP contribution >= 0.6 is 0 Å². The van der Waals surface area contributed by atoms with Gasteiger partial charge in [0.1, 0.15) is 18.0 Å². The molecule has 2 aromatic heterocycles. The molecule has 0 atom stereocenters. The summed E-state index contributed by atoms with van der Waals surface area (Å²) in [7, 11) is 0. The summed E-state index contributed by atoms with van der Waals surface area (Å²) in [5, 5.41) is 2.89. The molecular formula is C16H20N6O. The molecule has 7 nitrogen and oxygen atoms in total. The van der Waals surface area contributed by atoms with Crippen molar-refractivity contribution in [3.8, 4) is 11.1 Å². The van der Waals surface area contributed by atoms with Gasteiger partial charge in [-0.3, -0.25) is 4.79 Å². The van der Waals surface area contributed by atoms with Crippen LogP contribution in [0.5, 0.6) is 0 Å². The number of amides is 1. The summed E-state index contributed by atoms with van der Waals surface area (Å²) in [6, 6.07) is 3.71. The predicted molar refractivity (Wildman–Crippen MR) is 88.9 cm³/mol. The first-order valence-corrected chi connectivity index (χ1v) is 7.76. The minimum atomic E-state index is 0.0768. The topological polar surface area (TPSA) is 97.0 Å². The fourth-order valence-electron chi connectivity index (χ4n) is 2.75. The van der Waals surface area contributed by atoms with Crippen molar-refractivity contribution in [2.45, 2.75) is 19.8 Å². The van der Waals surface area contributed by atoms with Gasteiger partial charge >= 0.3 is 0 Å². The lowest BCUT2D eigenvalue weighted by atomic mass is 10.0. The standard InChI is InChI=1S/C16H20N6O/c1-2-12-15(11-3-4-13(17)19-9-11)16(21-10-20-12)22-7-5-14(23)18-6-8-22/h3-4,9-10H,2,5-8H2,1H3,(H2,17,19)(H,18,23). The van der Waals surface area contributed by atoms with Gasteiger partial charge in [-0.15, -0.1) is 0 Å². The molecule has 7 heteroatoms. The van der Waals surface area contributed by atoms with Crippen molar-refractivity contribution < 1.29 is 4.79 Å². The largest absolute Gasteiger partial charge is 0.384 e. The van der Waals surface area contributed by atoms with Gasteiger partial charge in [0.05, 0.1) is 5.69 Å². The molecule has 23 heavy (non-hydrogen) atoms. The molecule has 3 rings (SSSR count). The van der Waals surface area contributed by atoms with E-state index in [9.17, 15) is 4.79 Å². The number of aryl methyl sites for hydroxylation is 1. The molecule has 1 saturated heterocycles. The normalized spacial score (nSPS) is 15.2. The fourth-order valence-corrected chi connectivity index (χ4v) is 2.75. The first kappa shape index (κ1) is 15.2. The van der Waals surface area contributed by atoms with E-state index in [0.717, 1.165) is 35.6 Å². The molecular weight excluding hydrogens is 292 g/mol. The summed E-state index contributed by atoms with van der Waals surface area (Å²) in [6.45, 7) is 4.04. The Hall–Kier alpha value is -2.70. The van der Waals surface area contributed by atoms with E-state index in [1.165, 1.54) is 0 Å². The molecule has 1 amide bonds. The average Bonchev–Trinajstić information content (AvgIpc) is 2.79. The Morgan fingerprint density at radius 2 is 2.13 bits per heavy atom. The molecule has 1 aliphatic rings. The van der Waals surface area contributed by atoms with Gasteiger partial charge in [-0.2, -0.15) is 0 Å². The average molecular weight is 312 g/mol. The third-order valence-electron chi connectivity index (χ3n) is 3.93. The number of hydrogen-bond acceptors (Lipinski definition) is 6. The van der Waals surface area contributed by atoms with Gasteiger partial charge in [0, 0.05) is 43.4 Å². The Bertz CT molecular complexity index is 700. The first-order valence-electron chi connectivity index (χ1n) is 7.76. The van der Waals surface area contributed by atoms with Crippen molar-refractivity contribution in [2.75, 3.05) is 30.3 Å². The summed E-state index contributed by atoms with van der Waals surface area (Å²) in [4.78, 5) is 26.8. The van der Waals surface area contributed by atoms with Gasteiger partial charge in [-0.25, -0.2) is 15.0 Å². The van der Waals surface area contributed by atoms with Crippen molar-refractivity contribution in [1.29, 1.82) is 0 Å². The van der Waals surface area contributed by atoms with Crippen LogP contribution in [0, 0.1) is 0 Å². The second-order valence-electron chi connectivity index (χ2n) is 5.43. The van der Waals surface area contributed by atoms with E-state index in [1.54, 1.807) is 18.6 Å². The molecule has 0 aromatic carbocycles. The minimum absolute atomic E-state index is 0.0768. The molecule has 0 radical (unpaired) electrons. The van der Waals surface area contributed by atoms with Gasteiger partial charge in [0.25, 0.3) is 0 Å². The predicted octanol–water partition coefficient (Wildman–Crippen LogP) is 1.01. The monoisotopic (exact) mass is 312 g/mol. The second kappa shape index (κ2) is 6.60. The third-order valence-corrected chi connectivity index (χ3v) is 3.93. The highest BCUT2D eigenvalue weighted by Crippen LogP contribution is 2.31. The Balaban J connectivity index is 2.06. The number of carbonyl (C=O) groups excluding carboxylic acids is 1. The second-order valence-corrected chi connectivity index (χ2v) is 5.43. The molecule has 3 heterocycles. The van der Waals surface area contributed by atoms with Gasteiger partial charge in [0.15, 0.2) is 0 Å². The molecule has 120 valence electrons. The molecule has 0 saturated carbocycles. The summed E-state index contributed by atoms with van der Waals surface area (Å²) in [5.74, 6) is 1.41. The number of nitrogens with one attached hydrogen (secondary N) is 1. The van der Waals surface area contributed by atoms with Crippen LogP contribution in [0.15, 0.2) is 24.7 Å². The zero-order valence-corrected chi connectivity index (χ0v) is 13.1. The Morgan fingerprint density at radius 1 is 1.26 bits per heavy atom. The highest BCUT2D eigenvalue weighted by Gasteiger charge is 2.21. The summed E-state index contributed by atoms with van der Waals surface area (Å²) in [5.41, 5.74) is 8.57. The SMILES string of the molecule is CCc1ncnc(N2CCNC(=O)CC2)c1-c1ccc(N)nc1. The molecule has 2 aromatic rings. The number of nitrogens with zero attached hydrogens (tertiary/aromatic N) is 4. The number of rotatable bonds is 3. The van der Waals surface area contributed by atoms with Crippen LogP contribution in [0.1, 0.15) is 19.0 Å². The van der Waals surface area contributed by atoms with E-state index in [1.807, 2.05) is 6.07 Å². The van der Waals surface area contributed by atoms with Crippen molar-refractivity contribution >= 4 is 17.5 Å². The smallest absolute Gasteiger partial charge is 0.221 e. The zero-order chi connectivity index (χ0) is 16.2. The van der Waals surface area contributed by atoms with Crippen molar-refractivity contribution in [2.24, 2.45) is 0 Å². The van der Waals surface area contributed by atoms with Gasteiger partial charge in [0.2, 0.25) is 5.91 Å². The highest BCUT2D eigenvalue weighted by molar-refractivity contribution is 5.80. The van der Waals surface area contributed by atoms with Crippen LogP contribution in [0.3, 0.4) is 0 Å². The van der Waals surface area contributed by atoms with E-state index in [0.29, 0.717) is 25.3 Å². The Morgan fingerprint density at radius 3 is 2.87 bits per heavy atom. The molecule has 0 bridgehead atoms. The maximum absolute atomic E-state index is 11.6. The van der Waals surface area contributed by atoms with E-state index < -0.39 is 0 Å². The quantitative estimate of drug-likeness (QED) is 0.878. The number of aromatic nitrogens is 3. The molecule has 1 fully saturated rings. The summed E-state index contributed by atoms with van der Waals surface area (Å²) >= 11 is 0. The van der Waals surface area contributed by atoms with Gasteiger partial charge < -0.3 is 16.0 Å². The van der Waals surface area contributed by atoms with Crippen molar-refractivity contribution in [3.05, 3.63) is 30.4 Å². The number of anilines is 2. The van der Waals surface area contributed by atoms with Gasteiger partial charge in [-0.05, 0) is 18.6 Å². The van der Waals surface area contributed by atoms with Crippen molar-refractivity contribution in [1.82, 2.24) is 20.3 Å². The maximum atomic E-state index is 11.6. The molecule has 0 aliphatic carbocycles. The molecule has 0 unspecified atom stereocenters. The van der Waals surface area contributed by atoms with Crippen LogP contribution in [0.25, 0.3) is 11.1 Å². The lowest BCUT2D eigenvalue weighted by molar-refractivity contribution is -0.120. The highest BCUT2D eigenvalue weighted by atomic mass is 16.1. The Kier molecular flexibility index (Phi) is 4.36. The number of nitrogens with two attached hydrogens (primary N) is 1. The molecule has 3 N–H and O–H groups in total. The van der Waals surface area contributed by atoms with Crippen LogP contribution in [-0.4, -0.2) is 40.5 Å². The van der Waals surface area contributed by atoms with Crippen LogP contribution in [0.2, 0.25) is 0 Å². The van der Waals surface area contributed by atoms with E-state index in [-0.39, 0.29) is 5.91 Å². The van der Waals surface area contributed by atoms with Gasteiger partial charge in [-0.1, -0.05) is 6.92 Å². The lowest BCUT2D eigenvalue weighted by Gasteiger charge is -2.24. The van der Waals surface area contributed by atoms with Crippen LogP contribution < -0.4 is 16.0 Å². The molecule has 0 spiro atoms. The number of carbonyl (C=O) groups is 1. The summed E-state index contributed by atoms with van der Waals surface area (Å²) < 4.78 is 0. The van der Waals surface area contributed by atoms with Crippen LogP contribution in [0.4, 0.5) is 11.6 Å². The van der Waals surface area contributed by atoms with E-state index >= 15 is 0 Å². The first-order chi connectivity index (χ1) is 11.2. The Labute approximate surface area is 135 Å². The lowest BCUT2D eigenvalue weighted by Crippen LogP contribution is -2.29. The summed E-state index contributed by atoms with van der Waals surface area (Å²) in [6.07, 6.45) is 4.59. The van der Waals surface area contributed by atoms with E-state index in [4.69, 9.17) is 5.73 Å².